The van der Waals surface area contributed by atoms with Crippen molar-refractivity contribution in [1.29, 1.82) is 0 Å². The highest BCUT2D eigenvalue weighted by Crippen LogP contribution is 2.31. The van der Waals surface area contributed by atoms with Gasteiger partial charge in [-0.3, -0.25) is 4.79 Å². The Labute approximate surface area is 172 Å². The lowest BCUT2D eigenvalue weighted by atomic mass is 10.0. The standard InChI is InChI=1S/C22H21N3O5/c1-12(14-7-8-18(27-3)19(10-14)28-4)23-21(26)15-11-16(17-6-5-9-29-17)24-22-20(15)13(2)25-30-22/h5-12H,1-4H3,(H,23,26)/t12-/m0/s1. The van der Waals surface area contributed by atoms with Crippen molar-refractivity contribution >= 4 is 17.0 Å². The Bertz CT molecular complexity index is 1200. The lowest BCUT2D eigenvalue weighted by Crippen LogP contribution is -2.27. The number of furan rings is 1. The number of amides is 1. The second kappa shape index (κ2) is 7.90. The molecule has 4 rings (SSSR count). The minimum absolute atomic E-state index is 0.274. The number of carbonyl (C=O) groups is 1. The smallest absolute Gasteiger partial charge is 0.259 e. The number of aryl methyl sites for hydroxylation is 1. The summed E-state index contributed by atoms with van der Waals surface area (Å²) in [6.45, 7) is 3.67. The lowest BCUT2D eigenvalue weighted by Gasteiger charge is -2.17. The molecular weight excluding hydrogens is 386 g/mol. The number of nitrogens with zero attached hydrogens (tertiary/aromatic N) is 2. The molecule has 0 aliphatic carbocycles. The molecule has 30 heavy (non-hydrogen) atoms. The summed E-state index contributed by atoms with van der Waals surface area (Å²) in [4.78, 5) is 17.6. The summed E-state index contributed by atoms with van der Waals surface area (Å²) in [5, 5.41) is 7.55. The molecule has 0 unspecified atom stereocenters. The third-order valence-corrected chi connectivity index (χ3v) is 4.89. The third kappa shape index (κ3) is 3.47. The number of hydrogen-bond acceptors (Lipinski definition) is 7. The average Bonchev–Trinajstić information content (AvgIpc) is 3.43. The summed E-state index contributed by atoms with van der Waals surface area (Å²) in [7, 11) is 3.15. The summed E-state index contributed by atoms with van der Waals surface area (Å²) < 4.78 is 21.4. The predicted molar refractivity (Wildman–Crippen MR) is 110 cm³/mol. The SMILES string of the molecule is COc1ccc([C@H](C)NC(=O)c2cc(-c3ccco3)nc3onc(C)c23)cc1OC. The first-order valence-corrected chi connectivity index (χ1v) is 9.35. The fourth-order valence-corrected chi connectivity index (χ4v) is 3.30. The molecule has 3 aromatic heterocycles. The van der Waals surface area contributed by atoms with Crippen LogP contribution in [0.15, 0.2) is 51.6 Å². The number of hydrogen-bond donors (Lipinski definition) is 1. The van der Waals surface area contributed by atoms with E-state index in [0.29, 0.717) is 39.6 Å². The molecule has 0 fully saturated rings. The van der Waals surface area contributed by atoms with Crippen molar-refractivity contribution in [3.05, 3.63) is 59.5 Å². The predicted octanol–water partition coefficient (Wildman–Crippen LogP) is 4.30. The highest BCUT2D eigenvalue weighted by molar-refractivity contribution is 6.07. The van der Waals surface area contributed by atoms with Crippen LogP contribution in [0.2, 0.25) is 0 Å². The second-order valence-corrected chi connectivity index (χ2v) is 6.79. The Morgan fingerprint density at radius 2 is 1.93 bits per heavy atom. The summed E-state index contributed by atoms with van der Waals surface area (Å²) in [5.41, 5.74) is 2.65. The third-order valence-electron chi connectivity index (χ3n) is 4.89. The van der Waals surface area contributed by atoms with Gasteiger partial charge in [0.15, 0.2) is 17.3 Å². The Morgan fingerprint density at radius 1 is 1.13 bits per heavy atom. The highest BCUT2D eigenvalue weighted by atomic mass is 16.5. The van der Waals surface area contributed by atoms with Crippen LogP contribution in [0, 0.1) is 6.92 Å². The van der Waals surface area contributed by atoms with E-state index in [9.17, 15) is 4.79 Å². The van der Waals surface area contributed by atoms with Crippen LogP contribution in [0.3, 0.4) is 0 Å². The van der Waals surface area contributed by atoms with Crippen LogP contribution in [0.1, 0.15) is 34.6 Å². The Balaban J connectivity index is 1.68. The molecule has 1 amide bonds. The quantitative estimate of drug-likeness (QED) is 0.509. The van der Waals surface area contributed by atoms with Gasteiger partial charge < -0.3 is 23.7 Å². The molecular formula is C22H21N3O5. The van der Waals surface area contributed by atoms with Crippen LogP contribution >= 0.6 is 0 Å². The van der Waals surface area contributed by atoms with E-state index in [0.717, 1.165) is 5.56 Å². The Kier molecular flexibility index (Phi) is 5.14. The topological polar surface area (TPSA) is 99.6 Å². The number of nitrogens with one attached hydrogen (secondary N) is 1. The number of benzene rings is 1. The molecule has 8 heteroatoms. The number of carbonyl (C=O) groups excluding carboxylic acids is 1. The maximum atomic E-state index is 13.2. The number of ether oxygens (including phenoxy) is 2. The maximum absolute atomic E-state index is 13.2. The van der Waals surface area contributed by atoms with Crippen molar-refractivity contribution < 1.29 is 23.2 Å². The molecule has 154 valence electrons. The number of methoxy groups -OCH3 is 2. The van der Waals surface area contributed by atoms with Crippen molar-refractivity contribution in [3.8, 4) is 23.0 Å². The van der Waals surface area contributed by atoms with Gasteiger partial charge in [-0.25, -0.2) is 4.98 Å². The minimum atomic E-state index is -0.284. The number of pyridine rings is 1. The molecule has 0 saturated carbocycles. The van der Waals surface area contributed by atoms with Crippen molar-refractivity contribution in [3.63, 3.8) is 0 Å². The van der Waals surface area contributed by atoms with Crippen LogP contribution in [0.4, 0.5) is 0 Å². The van der Waals surface area contributed by atoms with Gasteiger partial charge in [-0.05, 0) is 49.7 Å². The molecule has 0 radical (unpaired) electrons. The van der Waals surface area contributed by atoms with Gasteiger partial charge in [0.25, 0.3) is 11.6 Å². The minimum Gasteiger partial charge on any atom is -0.493 e. The van der Waals surface area contributed by atoms with Gasteiger partial charge in [0.05, 0.1) is 43.2 Å². The summed E-state index contributed by atoms with van der Waals surface area (Å²) in [5.74, 6) is 1.48. The molecule has 4 aromatic rings. The Hall–Kier alpha value is -3.81. The van der Waals surface area contributed by atoms with E-state index in [1.807, 2.05) is 19.1 Å². The van der Waals surface area contributed by atoms with E-state index in [-0.39, 0.29) is 17.7 Å². The number of aromatic nitrogens is 2. The summed E-state index contributed by atoms with van der Waals surface area (Å²) in [6, 6.07) is 10.4. The van der Waals surface area contributed by atoms with E-state index in [1.54, 1.807) is 51.7 Å². The average molecular weight is 407 g/mol. The van der Waals surface area contributed by atoms with Crippen molar-refractivity contribution in [1.82, 2.24) is 15.5 Å². The van der Waals surface area contributed by atoms with E-state index < -0.39 is 0 Å². The maximum Gasteiger partial charge on any atom is 0.259 e. The fraction of sp³-hybridized carbons (Fsp3) is 0.227. The molecule has 0 aliphatic rings. The molecule has 0 spiro atoms. The molecule has 0 saturated heterocycles. The van der Waals surface area contributed by atoms with E-state index in [4.69, 9.17) is 18.4 Å². The zero-order valence-corrected chi connectivity index (χ0v) is 17.1. The van der Waals surface area contributed by atoms with Crippen LogP contribution in [-0.4, -0.2) is 30.3 Å². The second-order valence-electron chi connectivity index (χ2n) is 6.79. The first-order valence-electron chi connectivity index (χ1n) is 9.35. The van der Waals surface area contributed by atoms with E-state index >= 15 is 0 Å². The van der Waals surface area contributed by atoms with Gasteiger partial charge in [0.2, 0.25) is 0 Å². The molecule has 8 nitrogen and oxygen atoms in total. The zero-order valence-electron chi connectivity index (χ0n) is 17.1. The largest absolute Gasteiger partial charge is 0.493 e. The molecule has 1 N–H and O–H groups in total. The summed E-state index contributed by atoms with van der Waals surface area (Å²) >= 11 is 0. The number of fused-ring (bicyclic) bond motifs is 1. The first-order chi connectivity index (χ1) is 14.5. The van der Waals surface area contributed by atoms with Gasteiger partial charge in [-0.2, -0.15) is 0 Å². The lowest BCUT2D eigenvalue weighted by molar-refractivity contribution is 0.0941. The van der Waals surface area contributed by atoms with Crippen LogP contribution < -0.4 is 14.8 Å². The normalized spacial score (nSPS) is 12.0. The van der Waals surface area contributed by atoms with Crippen molar-refractivity contribution in [2.24, 2.45) is 0 Å². The van der Waals surface area contributed by atoms with Crippen molar-refractivity contribution in [2.45, 2.75) is 19.9 Å². The van der Waals surface area contributed by atoms with Crippen molar-refractivity contribution in [2.75, 3.05) is 14.2 Å². The van der Waals surface area contributed by atoms with Gasteiger partial charge in [-0.15, -0.1) is 0 Å². The first kappa shape index (κ1) is 19.5. The molecule has 1 aromatic carbocycles. The van der Waals surface area contributed by atoms with Gasteiger partial charge in [-0.1, -0.05) is 11.2 Å². The monoisotopic (exact) mass is 407 g/mol. The Morgan fingerprint density at radius 3 is 2.63 bits per heavy atom. The van der Waals surface area contributed by atoms with Gasteiger partial charge in [0.1, 0.15) is 5.69 Å². The molecule has 1 atom stereocenters. The van der Waals surface area contributed by atoms with Gasteiger partial charge in [0, 0.05) is 0 Å². The fourth-order valence-electron chi connectivity index (χ4n) is 3.30. The van der Waals surface area contributed by atoms with Crippen LogP contribution in [0.25, 0.3) is 22.6 Å². The molecule has 0 aliphatic heterocycles. The van der Waals surface area contributed by atoms with Gasteiger partial charge >= 0.3 is 0 Å². The molecule has 0 bridgehead atoms. The van der Waals surface area contributed by atoms with E-state index in [1.165, 1.54) is 0 Å². The summed E-state index contributed by atoms with van der Waals surface area (Å²) in [6.07, 6.45) is 1.55. The zero-order chi connectivity index (χ0) is 21.3. The highest BCUT2D eigenvalue weighted by Gasteiger charge is 2.22. The molecule has 3 heterocycles. The number of rotatable bonds is 6. The van der Waals surface area contributed by atoms with E-state index in [2.05, 4.69) is 15.5 Å². The van der Waals surface area contributed by atoms with Crippen LogP contribution in [-0.2, 0) is 0 Å². The van der Waals surface area contributed by atoms with Crippen LogP contribution in [0.5, 0.6) is 11.5 Å².